The van der Waals surface area contributed by atoms with Crippen molar-refractivity contribution in [2.75, 3.05) is 0 Å². The summed E-state index contributed by atoms with van der Waals surface area (Å²) in [5, 5.41) is 2.56. The van der Waals surface area contributed by atoms with Gasteiger partial charge in [0.15, 0.2) is 0 Å². The first-order chi connectivity index (χ1) is 21.6. The molecule has 0 aromatic heterocycles. The monoisotopic (exact) mass is 655 g/mol. The van der Waals surface area contributed by atoms with Crippen LogP contribution in [0.2, 0.25) is 0 Å². The SMILES string of the molecule is O=C(N[C@@](Cc1ccccc1)(c1cc(F)cc(OC(F)(F)C(F)F)c1)c1ccc(F)c(C2CC2)c1)c1ccc(F)c(C(F)(F)F)c1. The van der Waals surface area contributed by atoms with Crippen molar-refractivity contribution in [2.24, 2.45) is 0 Å². The van der Waals surface area contributed by atoms with Crippen molar-refractivity contribution in [3.63, 3.8) is 0 Å². The van der Waals surface area contributed by atoms with E-state index in [0.29, 0.717) is 30.5 Å². The van der Waals surface area contributed by atoms with Crippen molar-refractivity contribution < 1.29 is 53.4 Å². The van der Waals surface area contributed by atoms with Gasteiger partial charge in [-0.15, -0.1) is 0 Å². The molecule has 0 unspecified atom stereocenters. The summed E-state index contributed by atoms with van der Waals surface area (Å²) in [6, 6.07) is 15.1. The fourth-order valence-electron chi connectivity index (χ4n) is 5.20. The number of alkyl halides is 7. The lowest BCUT2D eigenvalue weighted by Crippen LogP contribution is -2.49. The van der Waals surface area contributed by atoms with Crippen LogP contribution in [0.5, 0.6) is 5.75 Å². The van der Waals surface area contributed by atoms with Gasteiger partial charge in [0.1, 0.15) is 23.2 Å². The fraction of sp³-hybridized carbons (Fsp3) is 0.242. The number of halogens is 10. The number of benzene rings is 4. The van der Waals surface area contributed by atoms with Gasteiger partial charge in [-0.05, 0) is 83.5 Å². The van der Waals surface area contributed by atoms with E-state index in [0.717, 1.165) is 24.3 Å². The predicted octanol–water partition coefficient (Wildman–Crippen LogP) is 9.15. The molecule has 1 N–H and O–H groups in total. The van der Waals surface area contributed by atoms with Crippen LogP contribution < -0.4 is 10.1 Å². The second-order valence-corrected chi connectivity index (χ2v) is 10.9. The minimum atomic E-state index is -5.18. The average molecular weight is 656 g/mol. The first-order valence-electron chi connectivity index (χ1n) is 13.8. The third-order valence-corrected chi connectivity index (χ3v) is 7.55. The van der Waals surface area contributed by atoms with Crippen LogP contribution in [-0.4, -0.2) is 18.4 Å². The summed E-state index contributed by atoms with van der Waals surface area (Å²) in [6.45, 7) is 0. The summed E-state index contributed by atoms with van der Waals surface area (Å²) in [4.78, 5) is 13.8. The first kappa shape index (κ1) is 32.8. The molecule has 1 aliphatic rings. The number of amides is 1. The van der Waals surface area contributed by atoms with Gasteiger partial charge in [0.25, 0.3) is 5.91 Å². The van der Waals surface area contributed by atoms with Crippen molar-refractivity contribution in [1.82, 2.24) is 5.32 Å². The van der Waals surface area contributed by atoms with Gasteiger partial charge in [0, 0.05) is 18.1 Å². The Bertz CT molecular complexity index is 1740. The molecule has 0 heterocycles. The number of carbonyl (C=O) groups excluding carboxylic acids is 1. The summed E-state index contributed by atoms with van der Waals surface area (Å²) in [5.74, 6) is -6.03. The minimum absolute atomic E-state index is 0.0586. The van der Waals surface area contributed by atoms with Crippen LogP contribution in [0.1, 0.15) is 56.9 Å². The van der Waals surface area contributed by atoms with E-state index in [1.807, 2.05) is 0 Å². The summed E-state index contributed by atoms with van der Waals surface area (Å²) >= 11 is 0. The van der Waals surface area contributed by atoms with E-state index in [4.69, 9.17) is 0 Å². The lowest BCUT2D eigenvalue weighted by molar-refractivity contribution is -0.253. The largest absolute Gasteiger partial charge is 0.461 e. The molecule has 5 rings (SSSR count). The maximum Gasteiger partial charge on any atom is 0.461 e. The molecule has 0 bridgehead atoms. The van der Waals surface area contributed by atoms with E-state index < -0.39 is 64.5 Å². The van der Waals surface area contributed by atoms with Gasteiger partial charge in [0.05, 0.1) is 11.1 Å². The number of rotatable bonds is 10. The van der Waals surface area contributed by atoms with E-state index in [1.54, 1.807) is 30.3 Å². The first-order valence-corrected chi connectivity index (χ1v) is 13.8. The zero-order valence-corrected chi connectivity index (χ0v) is 23.5. The Kier molecular flexibility index (Phi) is 8.80. The second-order valence-electron chi connectivity index (χ2n) is 10.9. The fourth-order valence-corrected chi connectivity index (χ4v) is 5.20. The van der Waals surface area contributed by atoms with Gasteiger partial charge in [-0.1, -0.05) is 36.4 Å². The lowest BCUT2D eigenvalue weighted by Gasteiger charge is -2.37. The van der Waals surface area contributed by atoms with E-state index >= 15 is 4.39 Å². The third kappa shape index (κ3) is 6.97. The van der Waals surface area contributed by atoms with Gasteiger partial charge in [0.2, 0.25) is 0 Å². The van der Waals surface area contributed by atoms with Crippen LogP contribution in [0.4, 0.5) is 43.9 Å². The second kappa shape index (κ2) is 12.3. The molecule has 1 amide bonds. The Morgan fingerprint density at radius 3 is 2.11 bits per heavy atom. The van der Waals surface area contributed by atoms with Crippen LogP contribution >= 0.6 is 0 Å². The molecule has 0 aliphatic heterocycles. The molecule has 1 atom stereocenters. The van der Waals surface area contributed by atoms with Crippen molar-refractivity contribution in [1.29, 1.82) is 0 Å². The number of nitrogens with one attached hydrogen (secondary N) is 1. The minimum Gasteiger partial charge on any atom is -0.428 e. The average Bonchev–Trinajstić information content (AvgIpc) is 3.82. The highest BCUT2D eigenvalue weighted by Crippen LogP contribution is 2.44. The number of carbonyl (C=O) groups is 1. The van der Waals surface area contributed by atoms with E-state index in [9.17, 15) is 44.3 Å². The van der Waals surface area contributed by atoms with E-state index in [2.05, 4.69) is 10.1 Å². The summed E-state index contributed by atoms with van der Waals surface area (Å²) in [7, 11) is 0. The highest BCUT2D eigenvalue weighted by Gasteiger charge is 2.45. The topological polar surface area (TPSA) is 38.3 Å². The molecule has 3 nitrogen and oxygen atoms in total. The van der Waals surface area contributed by atoms with Crippen LogP contribution in [-0.2, 0) is 18.1 Å². The number of hydrogen-bond donors (Lipinski definition) is 1. The van der Waals surface area contributed by atoms with Crippen LogP contribution in [0, 0.1) is 17.5 Å². The Morgan fingerprint density at radius 1 is 0.804 bits per heavy atom. The number of ether oxygens (including phenoxy) is 1. The van der Waals surface area contributed by atoms with Crippen molar-refractivity contribution in [2.45, 2.75) is 49.4 Å². The van der Waals surface area contributed by atoms with Gasteiger partial charge in [-0.25, -0.2) is 13.2 Å². The molecule has 0 radical (unpaired) electrons. The molecule has 1 saturated carbocycles. The maximum atomic E-state index is 15.1. The molecule has 0 spiro atoms. The summed E-state index contributed by atoms with van der Waals surface area (Å²) < 4.78 is 143. The quantitative estimate of drug-likeness (QED) is 0.173. The molecular formula is C33H23F10NO2. The third-order valence-electron chi connectivity index (χ3n) is 7.55. The summed E-state index contributed by atoms with van der Waals surface area (Å²) in [6.07, 6.45) is -13.6. The van der Waals surface area contributed by atoms with E-state index in [-0.39, 0.29) is 35.1 Å². The zero-order valence-electron chi connectivity index (χ0n) is 23.5. The Balaban J connectivity index is 1.75. The summed E-state index contributed by atoms with van der Waals surface area (Å²) in [5.41, 5.74) is -4.14. The Labute approximate surface area is 255 Å². The molecule has 1 aliphatic carbocycles. The smallest absolute Gasteiger partial charge is 0.428 e. The number of hydrogen-bond acceptors (Lipinski definition) is 2. The molecular weight excluding hydrogens is 632 g/mol. The van der Waals surface area contributed by atoms with Crippen molar-refractivity contribution in [3.05, 3.63) is 136 Å². The van der Waals surface area contributed by atoms with Crippen molar-refractivity contribution in [3.8, 4) is 5.75 Å². The molecule has 0 saturated heterocycles. The molecule has 46 heavy (non-hydrogen) atoms. The normalized spacial score (nSPS) is 15.0. The molecule has 4 aromatic rings. The maximum absolute atomic E-state index is 15.1. The molecule has 4 aromatic carbocycles. The zero-order chi connectivity index (χ0) is 33.4. The lowest BCUT2D eigenvalue weighted by atomic mass is 9.76. The standard InChI is InChI=1S/C33H23F10NO2/c34-23-13-22(14-24(16-23)46-33(42,43)30(37)38)31(17-18-4-2-1-3-5-18,21-9-11-27(35)25(15-21)19-6-7-19)44-29(45)20-8-10-28(36)26(12-20)32(39,40)41/h1-5,8-16,19,30H,6-7,17H2,(H,44,45)/t31-/m1/s1. The van der Waals surface area contributed by atoms with Gasteiger partial charge < -0.3 is 10.1 Å². The molecule has 1 fully saturated rings. The predicted molar refractivity (Wildman–Crippen MR) is 146 cm³/mol. The van der Waals surface area contributed by atoms with Gasteiger partial charge in [-0.2, -0.15) is 30.7 Å². The molecule has 13 heteroatoms. The van der Waals surface area contributed by atoms with Crippen LogP contribution in [0.15, 0.2) is 84.9 Å². The Hall–Kier alpha value is -4.55. The molecule has 242 valence electrons. The van der Waals surface area contributed by atoms with Crippen molar-refractivity contribution >= 4 is 5.91 Å². The highest BCUT2D eigenvalue weighted by molar-refractivity contribution is 5.95. The van der Waals surface area contributed by atoms with Gasteiger partial charge >= 0.3 is 18.7 Å². The highest BCUT2D eigenvalue weighted by atomic mass is 19.4. The Morgan fingerprint density at radius 2 is 1.48 bits per heavy atom. The van der Waals surface area contributed by atoms with E-state index in [1.165, 1.54) is 12.1 Å². The van der Waals surface area contributed by atoms with Crippen LogP contribution in [0.3, 0.4) is 0 Å². The van der Waals surface area contributed by atoms with Gasteiger partial charge in [-0.3, -0.25) is 4.79 Å². The van der Waals surface area contributed by atoms with Crippen LogP contribution in [0.25, 0.3) is 0 Å².